The zero-order valence-electron chi connectivity index (χ0n) is 50.5. The van der Waals surface area contributed by atoms with Crippen molar-refractivity contribution in [3.8, 4) is 62.8 Å². The van der Waals surface area contributed by atoms with Crippen LogP contribution in [-0.4, -0.2) is 38.6 Å². The molecule has 0 radical (unpaired) electrons. The van der Waals surface area contributed by atoms with Crippen molar-refractivity contribution in [3.05, 3.63) is 296 Å². The van der Waals surface area contributed by atoms with Crippen LogP contribution in [-0.2, 0) is 0 Å². The summed E-state index contributed by atoms with van der Waals surface area (Å²) in [5.41, 5.74) is 17.0. The number of benzene rings is 14. The molecule has 10 nitrogen and oxygen atoms in total. The zero-order valence-corrected chi connectivity index (χ0v) is 51.3. The quantitative estimate of drug-likeness (QED) is 0.177. The van der Waals surface area contributed by atoms with Crippen LogP contribution in [0.4, 0.5) is 0 Å². The Kier molecular flexibility index (Phi) is 11.6. The lowest BCUT2D eigenvalue weighted by Crippen LogP contribution is -2.06. The summed E-state index contributed by atoms with van der Waals surface area (Å²) >= 11 is 5.98. The number of nitrogens with zero attached hydrogens (tertiary/aromatic N) is 7. The van der Waals surface area contributed by atoms with Gasteiger partial charge in [-0.2, -0.15) is 0 Å². The molecule has 0 spiro atoms. The average Bonchev–Trinajstić information content (AvgIpc) is 1.58. The minimum atomic E-state index is 0.256. The van der Waals surface area contributed by atoms with E-state index in [4.69, 9.17) is 31.0 Å². The Morgan fingerprint density at radius 3 is 1.38 bits per heavy atom. The second-order valence-electron chi connectivity index (χ2n) is 24.2. The van der Waals surface area contributed by atoms with E-state index in [9.17, 15) is 0 Å². The number of aromatic amines is 1. The molecule has 0 bridgehead atoms. The van der Waals surface area contributed by atoms with E-state index < -0.39 is 0 Å². The minimum absolute atomic E-state index is 0.256. The molecule has 0 atom stereocenters. The molecular formula is C84H49ClN8O2. The van der Waals surface area contributed by atoms with Crippen LogP contribution in [0, 0.1) is 0 Å². The van der Waals surface area contributed by atoms with E-state index >= 15 is 0 Å². The fraction of sp³-hybridized carbons (Fsp3) is 0. The van der Waals surface area contributed by atoms with Gasteiger partial charge in [-0.1, -0.05) is 194 Å². The van der Waals surface area contributed by atoms with E-state index in [-0.39, 0.29) is 5.28 Å². The van der Waals surface area contributed by atoms with Gasteiger partial charge >= 0.3 is 0 Å². The summed E-state index contributed by atoms with van der Waals surface area (Å²) in [6.07, 6.45) is 0. The number of halogens is 1. The highest BCUT2D eigenvalue weighted by Crippen LogP contribution is 2.49. The van der Waals surface area contributed by atoms with E-state index in [1.165, 1.54) is 92.4 Å². The van der Waals surface area contributed by atoms with Crippen molar-refractivity contribution in [1.82, 2.24) is 38.6 Å². The van der Waals surface area contributed by atoms with Crippen molar-refractivity contribution in [2.75, 3.05) is 0 Å². The number of hydrogen-bond donors (Lipinski definition) is 1. The first-order chi connectivity index (χ1) is 47.1. The Balaban J connectivity index is 0.000000109. The van der Waals surface area contributed by atoms with Gasteiger partial charge in [0.05, 0.1) is 83.2 Å². The Morgan fingerprint density at radius 1 is 0.295 bits per heavy atom. The van der Waals surface area contributed by atoms with Crippen molar-refractivity contribution >= 4 is 142 Å². The van der Waals surface area contributed by atoms with Gasteiger partial charge in [-0.3, -0.25) is 4.57 Å². The van der Waals surface area contributed by atoms with E-state index in [0.29, 0.717) is 5.95 Å². The molecule has 1 N–H and O–H groups in total. The molecule has 0 fully saturated rings. The summed E-state index contributed by atoms with van der Waals surface area (Å²) < 4.78 is 19.3. The van der Waals surface area contributed by atoms with Gasteiger partial charge in [0.2, 0.25) is 11.2 Å². The molecule has 0 saturated carbocycles. The molecule has 8 heterocycles. The lowest BCUT2D eigenvalue weighted by atomic mass is 10.0. The van der Waals surface area contributed by atoms with Crippen LogP contribution >= 0.6 is 11.6 Å². The zero-order chi connectivity index (χ0) is 62.4. The molecule has 2 aliphatic heterocycles. The van der Waals surface area contributed by atoms with Crippen molar-refractivity contribution in [2.24, 2.45) is 0 Å². The van der Waals surface area contributed by atoms with Crippen LogP contribution in [0.5, 0.6) is 23.0 Å². The lowest BCUT2D eigenvalue weighted by molar-refractivity contribution is 0.486. The molecule has 0 amide bonds. The number of aromatic nitrogens is 8. The van der Waals surface area contributed by atoms with Crippen LogP contribution in [0.2, 0.25) is 5.28 Å². The molecule has 6 aromatic heterocycles. The third kappa shape index (κ3) is 7.98. The van der Waals surface area contributed by atoms with Crippen molar-refractivity contribution < 1.29 is 9.47 Å². The molecule has 95 heavy (non-hydrogen) atoms. The van der Waals surface area contributed by atoms with Crippen molar-refractivity contribution in [2.45, 2.75) is 0 Å². The van der Waals surface area contributed by atoms with E-state index in [1.54, 1.807) is 0 Å². The molecule has 11 heteroatoms. The Bertz CT molecular complexity index is 6650. The monoisotopic (exact) mass is 1240 g/mol. The van der Waals surface area contributed by atoms with Crippen molar-refractivity contribution in [3.63, 3.8) is 0 Å². The predicted molar refractivity (Wildman–Crippen MR) is 389 cm³/mol. The molecule has 20 aromatic rings. The van der Waals surface area contributed by atoms with Crippen molar-refractivity contribution in [1.29, 1.82) is 0 Å². The van der Waals surface area contributed by atoms with Crippen LogP contribution in [0.15, 0.2) is 291 Å². The molecule has 444 valence electrons. The first-order valence-corrected chi connectivity index (χ1v) is 32.1. The number of H-pyrrole nitrogens is 1. The summed E-state index contributed by atoms with van der Waals surface area (Å²) in [6, 6.07) is 102. The fourth-order valence-corrected chi connectivity index (χ4v) is 15.3. The van der Waals surface area contributed by atoms with Gasteiger partial charge in [-0.25, -0.2) is 19.9 Å². The molecule has 22 rings (SSSR count). The maximum atomic E-state index is 6.31. The van der Waals surface area contributed by atoms with Gasteiger partial charge in [0.15, 0.2) is 0 Å². The third-order valence-electron chi connectivity index (χ3n) is 19.1. The Labute approximate surface area is 546 Å². The summed E-state index contributed by atoms with van der Waals surface area (Å²) in [6.45, 7) is 0. The van der Waals surface area contributed by atoms with Gasteiger partial charge in [-0.05, 0) is 119 Å². The van der Waals surface area contributed by atoms with E-state index in [2.05, 4.69) is 247 Å². The lowest BCUT2D eigenvalue weighted by Gasteiger charge is -2.21. The number of nitrogens with one attached hydrogen (secondary N) is 1. The number of rotatable bonds is 3. The van der Waals surface area contributed by atoms with Crippen LogP contribution in [0.3, 0.4) is 0 Å². The maximum absolute atomic E-state index is 6.31. The first kappa shape index (κ1) is 53.1. The van der Waals surface area contributed by atoms with E-state index in [1.807, 2.05) is 72.8 Å². The number of fused-ring (bicyclic) bond motifs is 20. The SMILES string of the molecule is Clc1nc2c3c(cccc3n1)Oc1ccccc1-2.c1ccc2c(-n3c4ccccc4c4c5[nH]c6ccccc6c5ccc43)cccc2c1.c1ccc2c(c1)Oc1cccc3nc(-n4c5ccccc5c5ccc6c(c7ccccc7n6-c6cccc7ccccc67)c54)nc-2c13. The smallest absolute Gasteiger partial charge is 0.235 e. The first-order valence-electron chi connectivity index (χ1n) is 31.7. The highest BCUT2D eigenvalue weighted by atomic mass is 35.5. The summed E-state index contributed by atoms with van der Waals surface area (Å²) in [7, 11) is 0. The minimum Gasteiger partial charge on any atom is -0.456 e. The number of ether oxygens (including phenoxy) is 2. The van der Waals surface area contributed by atoms with Gasteiger partial charge in [0, 0.05) is 70.5 Å². The summed E-state index contributed by atoms with van der Waals surface area (Å²) in [5.74, 6) is 3.80. The highest BCUT2D eigenvalue weighted by molar-refractivity contribution is 6.29. The summed E-state index contributed by atoms with van der Waals surface area (Å²) in [5, 5.41) is 16.9. The largest absolute Gasteiger partial charge is 0.456 e. The van der Waals surface area contributed by atoms with Crippen LogP contribution < -0.4 is 9.47 Å². The number of hydrogen-bond acceptors (Lipinski definition) is 6. The summed E-state index contributed by atoms with van der Waals surface area (Å²) in [4.78, 5) is 22.9. The average molecular weight is 1240 g/mol. The molecule has 14 aromatic carbocycles. The molecule has 0 aliphatic carbocycles. The Hall–Kier alpha value is -12.6. The predicted octanol–water partition coefficient (Wildman–Crippen LogP) is 22.4. The third-order valence-corrected chi connectivity index (χ3v) is 19.2. The van der Waals surface area contributed by atoms with Crippen LogP contribution in [0.25, 0.3) is 170 Å². The maximum Gasteiger partial charge on any atom is 0.235 e. The number of para-hydroxylation sites is 6. The van der Waals surface area contributed by atoms with Gasteiger partial charge in [0.25, 0.3) is 0 Å². The highest BCUT2D eigenvalue weighted by Gasteiger charge is 2.28. The second-order valence-corrected chi connectivity index (χ2v) is 24.5. The normalized spacial score (nSPS) is 12.2. The topological polar surface area (TPSA) is 101 Å². The van der Waals surface area contributed by atoms with Crippen LogP contribution in [0.1, 0.15) is 0 Å². The van der Waals surface area contributed by atoms with Gasteiger partial charge in [-0.15, -0.1) is 0 Å². The van der Waals surface area contributed by atoms with Gasteiger partial charge < -0.3 is 23.6 Å². The van der Waals surface area contributed by atoms with E-state index in [0.717, 1.165) is 95.1 Å². The second kappa shape index (κ2) is 20.7. The van der Waals surface area contributed by atoms with Gasteiger partial charge in [0.1, 0.15) is 23.0 Å². The fourth-order valence-electron chi connectivity index (χ4n) is 15.1. The Morgan fingerprint density at radius 2 is 0.747 bits per heavy atom. The molecule has 2 aliphatic rings. The molecule has 0 saturated heterocycles. The standard InChI is InChI=1S/C42H24N4O.C28H18N2.C14H7ClN2O/c1-2-13-26-25(11-1)12-9-20-32(26)45-34-19-7-4-15-29(34)38-35(45)24-23-28-27-14-3-6-18-33(27)46(41(28)38)42-43-31-17-10-22-37-39(31)40(44-42)30-16-5-8-21-36(30)47-37;1-2-10-19-18(8-1)9-7-15-24(19)30-25-14-6-4-12-22(25)27-26(30)17-16-21-20-11-3-5-13-23(20)29-28(21)27;15-14-16-9-5-3-7-11-12(9)13(17-14)8-4-1-2-6-10(8)18-11/h1-24H;1-17,29H;1-7H. The molecule has 0 unspecified atom stereocenters. The molecular weight excluding hydrogens is 1190 g/mol.